The molecule has 25 heavy (non-hydrogen) atoms. The largest absolute Gasteiger partial charge is 0.494 e. The van der Waals surface area contributed by atoms with Gasteiger partial charge in [-0.05, 0) is 43.3 Å². The number of ether oxygens (including phenoxy) is 1. The lowest BCUT2D eigenvalue weighted by Gasteiger charge is -2.15. The topological polar surface area (TPSA) is 47.9 Å². The molecule has 0 aliphatic heterocycles. The van der Waals surface area contributed by atoms with E-state index in [0.717, 1.165) is 44.9 Å². The SMILES string of the molecule is COc1c(-c2ccccn2)cc(-c2ccccn2)c2ccc(C)nc12. The molecule has 0 aliphatic rings. The average Bonchev–Trinajstić information content (AvgIpc) is 2.68. The molecule has 122 valence electrons. The van der Waals surface area contributed by atoms with Gasteiger partial charge in [0.05, 0.1) is 18.5 Å². The second-order valence-electron chi connectivity index (χ2n) is 5.78. The zero-order valence-electron chi connectivity index (χ0n) is 14.1. The van der Waals surface area contributed by atoms with E-state index in [1.165, 1.54) is 0 Å². The highest BCUT2D eigenvalue weighted by Crippen LogP contribution is 2.40. The molecule has 4 aromatic rings. The standard InChI is InChI=1S/C21H17N3O/c1-14-9-10-15-16(18-7-3-5-11-22-18)13-17(19-8-4-6-12-23-19)21(25-2)20(15)24-14/h3-13H,1-2H3. The minimum atomic E-state index is 0.733. The van der Waals surface area contributed by atoms with Crippen LogP contribution in [-0.4, -0.2) is 22.1 Å². The summed E-state index contributed by atoms with van der Waals surface area (Å²) in [6.45, 7) is 1.98. The van der Waals surface area contributed by atoms with Gasteiger partial charge in [-0.15, -0.1) is 0 Å². The van der Waals surface area contributed by atoms with Crippen LogP contribution in [0.3, 0.4) is 0 Å². The molecule has 0 bridgehead atoms. The van der Waals surface area contributed by atoms with E-state index in [-0.39, 0.29) is 0 Å². The Kier molecular flexibility index (Phi) is 3.86. The Morgan fingerprint density at radius 1 is 0.800 bits per heavy atom. The first kappa shape index (κ1) is 15.3. The van der Waals surface area contributed by atoms with Gasteiger partial charge >= 0.3 is 0 Å². The molecule has 0 radical (unpaired) electrons. The highest BCUT2D eigenvalue weighted by atomic mass is 16.5. The van der Waals surface area contributed by atoms with E-state index >= 15 is 0 Å². The fourth-order valence-electron chi connectivity index (χ4n) is 3.02. The lowest BCUT2D eigenvalue weighted by molar-refractivity contribution is 0.420. The second kappa shape index (κ2) is 6.32. The molecule has 4 rings (SSSR count). The molecule has 0 N–H and O–H groups in total. The molecule has 0 unspecified atom stereocenters. The van der Waals surface area contributed by atoms with E-state index < -0.39 is 0 Å². The van der Waals surface area contributed by atoms with Gasteiger partial charge < -0.3 is 4.74 Å². The molecule has 4 heteroatoms. The third kappa shape index (κ3) is 2.72. The molecule has 1 aromatic carbocycles. The van der Waals surface area contributed by atoms with E-state index in [9.17, 15) is 0 Å². The first-order chi connectivity index (χ1) is 12.3. The van der Waals surface area contributed by atoms with Crippen molar-refractivity contribution in [1.82, 2.24) is 15.0 Å². The first-order valence-electron chi connectivity index (χ1n) is 8.09. The lowest BCUT2D eigenvalue weighted by Crippen LogP contribution is -1.97. The summed E-state index contributed by atoms with van der Waals surface area (Å²) in [5, 5.41) is 1.01. The number of pyridine rings is 3. The molecule has 0 aliphatic carbocycles. The first-order valence-corrected chi connectivity index (χ1v) is 8.09. The lowest BCUT2D eigenvalue weighted by atomic mass is 9.98. The van der Waals surface area contributed by atoms with E-state index in [0.29, 0.717) is 0 Å². The van der Waals surface area contributed by atoms with Crippen LogP contribution >= 0.6 is 0 Å². The van der Waals surface area contributed by atoms with Crippen molar-refractivity contribution in [3.63, 3.8) is 0 Å². The normalized spacial score (nSPS) is 10.8. The van der Waals surface area contributed by atoms with Gasteiger partial charge in [0, 0.05) is 34.6 Å². The maximum atomic E-state index is 5.74. The molecule has 3 aromatic heterocycles. The van der Waals surface area contributed by atoms with Crippen LogP contribution < -0.4 is 4.74 Å². The summed E-state index contributed by atoms with van der Waals surface area (Å²) in [6, 6.07) is 17.9. The van der Waals surface area contributed by atoms with Crippen molar-refractivity contribution in [3.05, 3.63) is 72.7 Å². The summed E-state index contributed by atoms with van der Waals surface area (Å²) >= 11 is 0. The van der Waals surface area contributed by atoms with Gasteiger partial charge in [-0.1, -0.05) is 18.2 Å². The summed E-state index contributed by atoms with van der Waals surface area (Å²) in [5.74, 6) is 0.733. The Labute approximate surface area is 146 Å². The van der Waals surface area contributed by atoms with Crippen molar-refractivity contribution in [2.75, 3.05) is 7.11 Å². The van der Waals surface area contributed by atoms with E-state index in [2.05, 4.69) is 22.1 Å². The van der Waals surface area contributed by atoms with Crippen molar-refractivity contribution >= 4 is 10.9 Å². The number of rotatable bonds is 3. The monoisotopic (exact) mass is 327 g/mol. The molecule has 4 nitrogen and oxygen atoms in total. The van der Waals surface area contributed by atoms with Gasteiger partial charge in [0.15, 0.2) is 5.75 Å². The van der Waals surface area contributed by atoms with Crippen molar-refractivity contribution in [3.8, 4) is 28.3 Å². The van der Waals surface area contributed by atoms with Gasteiger partial charge in [-0.3, -0.25) is 9.97 Å². The number of benzene rings is 1. The van der Waals surface area contributed by atoms with E-state index in [1.807, 2.05) is 49.4 Å². The molecule has 0 amide bonds. The molecular formula is C21H17N3O. The number of methoxy groups -OCH3 is 1. The maximum absolute atomic E-state index is 5.74. The van der Waals surface area contributed by atoms with Crippen molar-refractivity contribution in [2.45, 2.75) is 6.92 Å². The summed E-state index contributed by atoms with van der Waals surface area (Å²) in [4.78, 5) is 13.8. The number of aryl methyl sites for hydroxylation is 1. The third-order valence-corrected chi connectivity index (χ3v) is 4.16. The van der Waals surface area contributed by atoms with Gasteiger partial charge in [-0.2, -0.15) is 0 Å². The quantitative estimate of drug-likeness (QED) is 0.548. The fourth-order valence-corrected chi connectivity index (χ4v) is 3.02. The van der Waals surface area contributed by atoms with Crippen molar-refractivity contribution in [2.24, 2.45) is 0 Å². The zero-order chi connectivity index (χ0) is 17.2. The number of fused-ring (bicyclic) bond motifs is 1. The van der Waals surface area contributed by atoms with Crippen LogP contribution in [0.15, 0.2) is 67.0 Å². The van der Waals surface area contributed by atoms with Gasteiger partial charge in [-0.25, -0.2) is 4.98 Å². The number of hydrogen-bond donors (Lipinski definition) is 0. The molecule has 3 heterocycles. The highest BCUT2D eigenvalue weighted by Gasteiger charge is 2.17. The Morgan fingerprint density at radius 3 is 2.08 bits per heavy atom. The molecular weight excluding hydrogens is 310 g/mol. The van der Waals surface area contributed by atoms with Crippen LogP contribution in [0, 0.1) is 6.92 Å². The van der Waals surface area contributed by atoms with Crippen LogP contribution in [0.5, 0.6) is 5.75 Å². The Balaban J connectivity index is 2.12. The van der Waals surface area contributed by atoms with Crippen molar-refractivity contribution in [1.29, 1.82) is 0 Å². The fraction of sp³-hybridized carbons (Fsp3) is 0.0952. The van der Waals surface area contributed by atoms with Crippen LogP contribution in [-0.2, 0) is 0 Å². The van der Waals surface area contributed by atoms with Crippen LogP contribution in [0.4, 0.5) is 0 Å². The van der Waals surface area contributed by atoms with Gasteiger partial charge in [0.25, 0.3) is 0 Å². The third-order valence-electron chi connectivity index (χ3n) is 4.16. The molecule has 0 saturated carbocycles. The molecule has 0 spiro atoms. The van der Waals surface area contributed by atoms with E-state index in [4.69, 9.17) is 9.72 Å². The second-order valence-corrected chi connectivity index (χ2v) is 5.78. The summed E-state index contributed by atoms with van der Waals surface area (Å²) < 4.78 is 5.74. The van der Waals surface area contributed by atoms with Gasteiger partial charge in [0.2, 0.25) is 0 Å². The molecule has 0 saturated heterocycles. The van der Waals surface area contributed by atoms with E-state index in [1.54, 1.807) is 19.5 Å². The maximum Gasteiger partial charge on any atom is 0.154 e. The number of nitrogens with zero attached hydrogens (tertiary/aromatic N) is 3. The Bertz CT molecular complexity index is 1030. The Morgan fingerprint density at radius 2 is 1.48 bits per heavy atom. The Hall–Kier alpha value is -3.27. The molecule has 0 atom stereocenters. The minimum absolute atomic E-state index is 0.733. The van der Waals surface area contributed by atoms with Crippen LogP contribution in [0.25, 0.3) is 33.4 Å². The average molecular weight is 327 g/mol. The van der Waals surface area contributed by atoms with Gasteiger partial charge in [0.1, 0.15) is 5.52 Å². The number of aromatic nitrogens is 3. The minimum Gasteiger partial charge on any atom is -0.494 e. The van der Waals surface area contributed by atoms with Crippen molar-refractivity contribution < 1.29 is 4.74 Å². The smallest absolute Gasteiger partial charge is 0.154 e. The number of hydrogen-bond acceptors (Lipinski definition) is 4. The highest BCUT2D eigenvalue weighted by molar-refractivity contribution is 6.02. The van der Waals surface area contributed by atoms with Crippen LogP contribution in [0.2, 0.25) is 0 Å². The van der Waals surface area contributed by atoms with Crippen LogP contribution in [0.1, 0.15) is 5.69 Å². The predicted octanol–water partition coefficient (Wildman–Crippen LogP) is 4.68. The summed E-state index contributed by atoms with van der Waals surface area (Å²) in [6.07, 6.45) is 3.58. The zero-order valence-corrected chi connectivity index (χ0v) is 14.1. The predicted molar refractivity (Wildman–Crippen MR) is 99.5 cm³/mol. The molecule has 0 fully saturated rings. The summed E-state index contributed by atoms with van der Waals surface area (Å²) in [5.41, 5.74) is 5.45. The summed E-state index contributed by atoms with van der Waals surface area (Å²) in [7, 11) is 1.67.